The number of aryl methyl sites for hydroxylation is 2. The third-order valence-corrected chi connectivity index (χ3v) is 5.62. The summed E-state index contributed by atoms with van der Waals surface area (Å²) < 4.78 is 5.29. The minimum absolute atomic E-state index is 0.430. The zero-order valence-electron chi connectivity index (χ0n) is 22.6. The fourth-order valence-electron chi connectivity index (χ4n) is 3.94. The highest BCUT2D eigenvalue weighted by atomic mass is 16.6. The van der Waals surface area contributed by atoms with E-state index in [0.29, 0.717) is 11.3 Å². The van der Waals surface area contributed by atoms with Crippen LogP contribution in [0.5, 0.6) is 0 Å². The summed E-state index contributed by atoms with van der Waals surface area (Å²) in [6.07, 6.45) is -1.33. The van der Waals surface area contributed by atoms with Gasteiger partial charge in [0.15, 0.2) is 0 Å². The number of rotatable bonds is 9. The van der Waals surface area contributed by atoms with Crippen molar-refractivity contribution in [1.82, 2.24) is 10.2 Å². The maximum atomic E-state index is 13.9. The molecule has 0 radical (unpaired) electrons. The van der Waals surface area contributed by atoms with Crippen LogP contribution in [-0.4, -0.2) is 46.4 Å². The van der Waals surface area contributed by atoms with Gasteiger partial charge in [0.1, 0.15) is 17.7 Å². The second-order valence-electron chi connectivity index (χ2n) is 10.3. The van der Waals surface area contributed by atoms with Crippen LogP contribution in [0.15, 0.2) is 48.5 Å². The number of amides is 4. The predicted molar refractivity (Wildman–Crippen MR) is 143 cm³/mol. The third kappa shape index (κ3) is 8.34. The minimum atomic E-state index is -1.33. The van der Waals surface area contributed by atoms with Crippen LogP contribution in [0.25, 0.3) is 0 Å². The Hall–Kier alpha value is -3.88. The largest absolute Gasteiger partial charge is 0.444 e. The molecule has 0 bridgehead atoms. The number of anilines is 1. The van der Waals surface area contributed by atoms with Gasteiger partial charge in [-0.05, 0) is 71.2 Å². The van der Waals surface area contributed by atoms with Crippen molar-refractivity contribution in [3.63, 3.8) is 0 Å². The van der Waals surface area contributed by atoms with Crippen molar-refractivity contribution in [2.75, 3.05) is 5.32 Å². The first-order valence-electron chi connectivity index (χ1n) is 12.2. The molecule has 0 heterocycles. The molecule has 4 N–H and O–H groups in total. The molecule has 0 spiro atoms. The molecular formula is C28H38N4O5. The van der Waals surface area contributed by atoms with E-state index in [1.165, 1.54) is 4.90 Å². The molecule has 0 aliphatic rings. The molecule has 9 nitrogen and oxygen atoms in total. The Morgan fingerprint density at radius 2 is 1.51 bits per heavy atom. The maximum Gasteiger partial charge on any atom is 0.408 e. The number of nitrogens with zero attached hydrogens (tertiary/aromatic N) is 1. The van der Waals surface area contributed by atoms with Gasteiger partial charge in [-0.25, -0.2) is 4.79 Å². The normalized spacial score (nSPS) is 12.9. The van der Waals surface area contributed by atoms with Crippen molar-refractivity contribution < 1.29 is 23.9 Å². The highest BCUT2D eigenvalue weighted by molar-refractivity contribution is 6.00. The van der Waals surface area contributed by atoms with E-state index in [1.54, 1.807) is 52.8 Å². The van der Waals surface area contributed by atoms with Crippen LogP contribution in [0.1, 0.15) is 63.8 Å². The topological polar surface area (TPSA) is 131 Å². The fraction of sp³-hybridized carbons (Fsp3) is 0.429. The van der Waals surface area contributed by atoms with Gasteiger partial charge >= 0.3 is 6.09 Å². The van der Waals surface area contributed by atoms with Gasteiger partial charge in [0.25, 0.3) is 5.91 Å². The van der Waals surface area contributed by atoms with E-state index in [0.717, 1.165) is 11.1 Å². The number of hydrogen-bond acceptors (Lipinski definition) is 5. The molecule has 200 valence electrons. The quantitative estimate of drug-likeness (QED) is 0.469. The van der Waals surface area contributed by atoms with E-state index < -0.39 is 54.0 Å². The van der Waals surface area contributed by atoms with Crippen molar-refractivity contribution in [1.29, 1.82) is 0 Å². The van der Waals surface area contributed by atoms with Gasteiger partial charge < -0.3 is 26.0 Å². The molecule has 37 heavy (non-hydrogen) atoms. The van der Waals surface area contributed by atoms with Gasteiger partial charge in [-0.2, -0.15) is 0 Å². The number of nitrogens with two attached hydrogens (primary N) is 1. The number of primary amides is 1. The van der Waals surface area contributed by atoms with E-state index in [1.807, 2.05) is 44.2 Å². The molecule has 0 aromatic heterocycles. The molecule has 0 aliphatic heterocycles. The summed E-state index contributed by atoms with van der Waals surface area (Å²) in [4.78, 5) is 53.5. The highest BCUT2D eigenvalue weighted by Gasteiger charge is 2.39. The third-order valence-electron chi connectivity index (χ3n) is 5.62. The number of carbonyl (C=O) groups is 4. The number of ether oxygens (including phenoxy) is 1. The maximum absolute atomic E-state index is 13.9. The molecule has 0 saturated heterocycles. The number of carbonyl (C=O) groups excluding carboxylic acids is 4. The molecule has 9 heteroatoms. The summed E-state index contributed by atoms with van der Waals surface area (Å²) in [6, 6.07) is 11.7. The molecule has 2 aromatic carbocycles. The molecule has 2 rings (SSSR count). The Morgan fingerprint density at radius 1 is 0.946 bits per heavy atom. The SMILES string of the molecule is Cc1ccccc1NC(=O)C(c1ccccc1C)N(C(=O)C(CC(N)=O)NC(=O)OC(C)(C)C)C(C)C. The molecule has 0 saturated carbocycles. The Labute approximate surface area is 218 Å². The lowest BCUT2D eigenvalue weighted by atomic mass is 9.96. The lowest BCUT2D eigenvalue weighted by molar-refractivity contribution is -0.143. The van der Waals surface area contributed by atoms with Gasteiger partial charge in [0.05, 0.1) is 6.42 Å². The van der Waals surface area contributed by atoms with Gasteiger partial charge in [0.2, 0.25) is 11.8 Å². The second-order valence-corrected chi connectivity index (χ2v) is 10.3. The van der Waals surface area contributed by atoms with E-state index in [9.17, 15) is 19.2 Å². The lowest BCUT2D eigenvalue weighted by Crippen LogP contribution is -2.55. The highest BCUT2D eigenvalue weighted by Crippen LogP contribution is 2.29. The smallest absolute Gasteiger partial charge is 0.408 e. The average molecular weight is 511 g/mol. The predicted octanol–water partition coefficient (Wildman–Crippen LogP) is 3.99. The zero-order valence-corrected chi connectivity index (χ0v) is 22.6. The Balaban J connectivity index is 2.55. The van der Waals surface area contributed by atoms with E-state index >= 15 is 0 Å². The van der Waals surface area contributed by atoms with E-state index in [2.05, 4.69) is 10.6 Å². The Morgan fingerprint density at radius 3 is 2.03 bits per heavy atom. The second kappa shape index (κ2) is 12.4. The minimum Gasteiger partial charge on any atom is -0.444 e. The molecule has 0 aliphatic carbocycles. The van der Waals surface area contributed by atoms with Crippen LogP contribution in [0.4, 0.5) is 10.5 Å². The van der Waals surface area contributed by atoms with Crippen molar-refractivity contribution in [3.8, 4) is 0 Å². The summed E-state index contributed by atoms with van der Waals surface area (Å²) in [5, 5.41) is 5.42. The first-order valence-corrected chi connectivity index (χ1v) is 12.2. The van der Waals surface area contributed by atoms with Crippen molar-refractivity contribution in [3.05, 3.63) is 65.2 Å². The van der Waals surface area contributed by atoms with Crippen molar-refractivity contribution in [2.45, 2.75) is 78.6 Å². The van der Waals surface area contributed by atoms with Gasteiger partial charge in [-0.3, -0.25) is 14.4 Å². The molecule has 2 atom stereocenters. The first kappa shape index (κ1) is 29.4. The van der Waals surface area contributed by atoms with Crippen LogP contribution in [0, 0.1) is 13.8 Å². The van der Waals surface area contributed by atoms with Crippen LogP contribution >= 0.6 is 0 Å². The zero-order chi connectivity index (χ0) is 27.9. The van der Waals surface area contributed by atoms with Crippen LogP contribution in [-0.2, 0) is 19.1 Å². The summed E-state index contributed by atoms with van der Waals surface area (Å²) in [7, 11) is 0. The Kier molecular flexibility index (Phi) is 9.82. The first-order chi connectivity index (χ1) is 17.2. The molecular weight excluding hydrogens is 472 g/mol. The summed E-state index contributed by atoms with van der Waals surface area (Å²) in [5.74, 6) is -1.84. The lowest BCUT2D eigenvalue weighted by Gasteiger charge is -2.37. The van der Waals surface area contributed by atoms with Gasteiger partial charge in [-0.15, -0.1) is 0 Å². The molecule has 0 fully saturated rings. The Bertz CT molecular complexity index is 1140. The van der Waals surface area contributed by atoms with Gasteiger partial charge in [0, 0.05) is 11.7 Å². The van der Waals surface area contributed by atoms with Gasteiger partial charge in [-0.1, -0.05) is 42.5 Å². The van der Waals surface area contributed by atoms with E-state index in [4.69, 9.17) is 10.5 Å². The fourth-order valence-corrected chi connectivity index (χ4v) is 3.94. The van der Waals surface area contributed by atoms with Crippen LogP contribution in [0.2, 0.25) is 0 Å². The van der Waals surface area contributed by atoms with Crippen molar-refractivity contribution >= 4 is 29.5 Å². The number of para-hydroxylation sites is 1. The van der Waals surface area contributed by atoms with Crippen LogP contribution < -0.4 is 16.4 Å². The average Bonchev–Trinajstić information content (AvgIpc) is 2.77. The summed E-state index contributed by atoms with van der Waals surface area (Å²) in [6.45, 7) is 12.3. The number of nitrogens with one attached hydrogen (secondary N) is 2. The number of alkyl carbamates (subject to hydrolysis) is 1. The number of hydrogen-bond donors (Lipinski definition) is 3. The summed E-state index contributed by atoms with van der Waals surface area (Å²) >= 11 is 0. The molecule has 2 unspecified atom stereocenters. The standard InChI is InChI=1S/C28H38N4O5/c1-17(2)32(26(35)22(16-23(29)33)31-27(36)37-28(5,6)7)24(20-14-10-8-12-18(20)3)25(34)30-21-15-11-9-13-19(21)4/h8-15,17,22,24H,16H2,1-7H3,(H2,29,33)(H,30,34)(H,31,36). The van der Waals surface area contributed by atoms with Crippen molar-refractivity contribution in [2.24, 2.45) is 5.73 Å². The van der Waals surface area contributed by atoms with Crippen LogP contribution in [0.3, 0.4) is 0 Å². The number of benzene rings is 2. The molecule has 2 aromatic rings. The summed E-state index contributed by atoms with van der Waals surface area (Å²) in [5.41, 5.74) is 7.49. The van der Waals surface area contributed by atoms with E-state index in [-0.39, 0.29) is 0 Å². The monoisotopic (exact) mass is 510 g/mol. The molecule has 4 amide bonds.